The van der Waals surface area contributed by atoms with Gasteiger partial charge in [-0.25, -0.2) is 9.78 Å². The van der Waals surface area contributed by atoms with Crippen molar-refractivity contribution in [3.63, 3.8) is 0 Å². The molecule has 6 nitrogen and oxygen atoms in total. The van der Waals surface area contributed by atoms with Crippen molar-refractivity contribution in [3.05, 3.63) is 39.8 Å². The van der Waals surface area contributed by atoms with E-state index in [0.717, 1.165) is 3.79 Å². The third kappa shape index (κ3) is 3.78. The van der Waals surface area contributed by atoms with Crippen LogP contribution in [0.3, 0.4) is 0 Å². The van der Waals surface area contributed by atoms with Crippen molar-refractivity contribution in [3.8, 4) is 5.75 Å². The number of aromatic nitrogens is 1. The van der Waals surface area contributed by atoms with E-state index in [4.69, 9.17) is 4.74 Å². The highest BCUT2D eigenvalue weighted by atomic mass is 79.9. The maximum atomic E-state index is 11.6. The van der Waals surface area contributed by atoms with Crippen LogP contribution in [0, 0.1) is 0 Å². The van der Waals surface area contributed by atoms with Crippen molar-refractivity contribution in [2.75, 3.05) is 11.9 Å². The van der Waals surface area contributed by atoms with Gasteiger partial charge in [-0.1, -0.05) is 23.5 Å². The minimum Gasteiger partial charge on any atom is -0.507 e. The summed E-state index contributed by atoms with van der Waals surface area (Å²) < 4.78 is 5.58. The Balaban J connectivity index is 1.87. The average Bonchev–Trinajstić information content (AvgIpc) is 2.82. The van der Waals surface area contributed by atoms with Crippen molar-refractivity contribution >= 4 is 44.3 Å². The van der Waals surface area contributed by atoms with Gasteiger partial charge in [0.05, 0.1) is 9.98 Å². The molecule has 0 saturated heterocycles. The Labute approximate surface area is 126 Å². The highest BCUT2D eigenvalue weighted by Crippen LogP contribution is 2.23. The molecule has 0 fully saturated rings. The van der Waals surface area contributed by atoms with Crippen LogP contribution in [-0.2, 0) is 9.53 Å². The third-order valence-electron chi connectivity index (χ3n) is 2.18. The zero-order chi connectivity index (χ0) is 14.5. The molecule has 2 aromatic rings. The van der Waals surface area contributed by atoms with E-state index in [1.807, 2.05) is 0 Å². The Bertz CT molecular complexity index is 644. The first kappa shape index (κ1) is 14.5. The van der Waals surface area contributed by atoms with E-state index in [1.165, 1.54) is 23.5 Å². The summed E-state index contributed by atoms with van der Waals surface area (Å²) in [5.74, 6) is -1.46. The molecule has 0 radical (unpaired) electrons. The molecule has 8 heteroatoms. The standard InChI is InChI=1S/C12H9BrN2O4S/c13-9-5-14-12(20-9)15-10(17)6-19-11(18)7-3-1-2-4-8(7)16/h1-5,16H,6H2,(H,14,15,17). The fourth-order valence-electron chi connectivity index (χ4n) is 1.32. The summed E-state index contributed by atoms with van der Waals surface area (Å²) in [5, 5.41) is 12.4. The van der Waals surface area contributed by atoms with Gasteiger partial charge in [-0.05, 0) is 28.1 Å². The number of ether oxygens (including phenoxy) is 1. The lowest BCUT2D eigenvalue weighted by Crippen LogP contribution is -2.20. The van der Waals surface area contributed by atoms with Crippen LogP contribution in [0.1, 0.15) is 10.4 Å². The smallest absolute Gasteiger partial charge is 0.342 e. The van der Waals surface area contributed by atoms with Gasteiger partial charge in [-0.2, -0.15) is 0 Å². The number of rotatable bonds is 4. The number of nitrogens with one attached hydrogen (secondary N) is 1. The Morgan fingerprint density at radius 3 is 2.80 bits per heavy atom. The van der Waals surface area contributed by atoms with Crippen LogP contribution in [0.2, 0.25) is 0 Å². The van der Waals surface area contributed by atoms with Crippen LogP contribution in [0.4, 0.5) is 5.13 Å². The molecule has 104 valence electrons. The summed E-state index contributed by atoms with van der Waals surface area (Å²) in [4.78, 5) is 27.1. The summed E-state index contributed by atoms with van der Waals surface area (Å²) in [7, 11) is 0. The van der Waals surface area contributed by atoms with Gasteiger partial charge in [0.1, 0.15) is 11.3 Å². The number of benzene rings is 1. The summed E-state index contributed by atoms with van der Waals surface area (Å²) in [6.07, 6.45) is 1.55. The van der Waals surface area contributed by atoms with Gasteiger partial charge in [-0.15, -0.1) is 0 Å². The first-order valence-corrected chi connectivity index (χ1v) is 7.03. The molecule has 0 aliphatic heterocycles. The molecule has 2 N–H and O–H groups in total. The number of amides is 1. The molecule has 0 atom stereocenters. The first-order valence-electron chi connectivity index (χ1n) is 5.42. The number of carbonyl (C=O) groups is 2. The summed E-state index contributed by atoms with van der Waals surface area (Å²) in [6, 6.07) is 5.94. The number of phenols is 1. The number of thiazole rings is 1. The number of phenolic OH excluding ortho intramolecular Hbond substituents is 1. The zero-order valence-electron chi connectivity index (χ0n) is 10.00. The van der Waals surface area contributed by atoms with Gasteiger partial charge in [-0.3, -0.25) is 10.1 Å². The molecule has 1 aromatic carbocycles. The van der Waals surface area contributed by atoms with E-state index in [1.54, 1.807) is 18.3 Å². The molecule has 0 spiro atoms. The number of carbonyl (C=O) groups excluding carboxylic acids is 2. The predicted octanol–water partition coefficient (Wildman–Crippen LogP) is 2.41. The molecule has 0 bridgehead atoms. The summed E-state index contributed by atoms with van der Waals surface area (Å²) >= 11 is 4.46. The lowest BCUT2D eigenvalue weighted by atomic mass is 10.2. The number of halogens is 1. The molecule has 1 heterocycles. The van der Waals surface area contributed by atoms with Crippen molar-refractivity contribution in [1.82, 2.24) is 4.98 Å². The molecule has 2 rings (SSSR count). The predicted molar refractivity (Wildman–Crippen MR) is 76.8 cm³/mol. The molecular weight excluding hydrogens is 348 g/mol. The number of anilines is 1. The molecule has 1 aromatic heterocycles. The monoisotopic (exact) mass is 356 g/mol. The lowest BCUT2D eigenvalue weighted by molar-refractivity contribution is -0.119. The van der Waals surface area contributed by atoms with Gasteiger partial charge in [0, 0.05) is 0 Å². The number of nitrogens with zero attached hydrogens (tertiary/aromatic N) is 1. The average molecular weight is 357 g/mol. The molecule has 0 saturated carbocycles. The second-order valence-electron chi connectivity index (χ2n) is 3.61. The van der Waals surface area contributed by atoms with Gasteiger partial charge in [0.15, 0.2) is 11.7 Å². The van der Waals surface area contributed by atoms with Crippen molar-refractivity contribution in [1.29, 1.82) is 0 Å². The number of para-hydroxylation sites is 1. The van der Waals surface area contributed by atoms with E-state index in [2.05, 4.69) is 26.2 Å². The number of hydrogen-bond acceptors (Lipinski definition) is 6. The van der Waals surface area contributed by atoms with Crippen molar-refractivity contribution in [2.45, 2.75) is 0 Å². The summed E-state index contributed by atoms with van der Waals surface area (Å²) in [5.41, 5.74) is 0.0114. The molecule has 20 heavy (non-hydrogen) atoms. The van der Waals surface area contributed by atoms with Gasteiger partial charge >= 0.3 is 5.97 Å². The largest absolute Gasteiger partial charge is 0.507 e. The Kier molecular flexibility index (Phi) is 4.70. The van der Waals surface area contributed by atoms with Crippen LogP contribution >= 0.6 is 27.3 Å². The van der Waals surface area contributed by atoms with Gasteiger partial charge in [0.2, 0.25) is 0 Å². The Morgan fingerprint density at radius 2 is 2.15 bits per heavy atom. The third-order valence-corrected chi connectivity index (χ3v) is 3.57. The second-order valence-corrected chi connectivity index (χ2v) is 6.02. The molecule has 1 amide bonds. The quantitative estimate of drug-likeness (QED) is 0.821. The normalized spacial score (nSPS) is 10.1. The van der Waals surface area contributed by atoms with Crippen molar-refractivity contribution in [2.24, 2.45) is 0 Å². The molecule has 0 aliphatic rings. The topological polar surface area (TPSA) is 88.5 Å². The minimum absolute atomic E-state index is 0.0114. The van der Waals surface area contributed by atoms with Crippen LogP contribution in [0.25, 0.3) is 0 Å². The fraction of sp³-hybridized carbons (Fsp3) is 0.0833. The lowest BCUT2D eigenvalue weighted by Gasteiger charge is -2.05. The van der Waals surface area contributed by atoms with E-state index >= 15 is 0 Å². The maximum Gasteiger partial charge on any atom is 0.342 e. The number of esters is 1. The maximum absolute atomic E-state index is 11.6. The first-order chi connectivity index (χ1) is 9.56. The Hall–Kier alpha value is -1.93. The SMILES string of the molecule is O=C(COC(=O)c1ccccc1O)Nc1ncc(Br)s1. The van der Waals surface area contributed by atoms with Crippen LogP contribution in [-0.4, -0.2) is 28.6 Å². The van der Waals surface area contributed by atoms with Gasteiger partial charge in [0.25, 0.3) is 5.91 Å². The number of hydrogen-bond donors (Lipinski definition) is 2. The molecular formula is C12H9BrN2O4S. The van der Waals surface area contributed by atoms with E-state index in [-0.39, 0.29) is 11.3 Å². The van der Waals surface area contributed by atoms with Crippen LogP contribution < -0.4 is 5.32 Å². The van der Waals surface area contributed by atoms with Crippen molar-refractivity contribution < 1.29 is 19.4 Å². The Morgan fingerprint density at radius 1 is 1.40 bits per heavy atom. The van der Waals surface area contributed by atoms with E-state index in [9.17, 15) is 14.7 Å². The molecule has 0 aliphatic carbocycles. The van der Waals surface area contributed by atoms with Gasteiger partial charge < -0.3 is 9.84 Å². The van der Waals surface area contributed by atoms with E-state index < -0.39 is 18.5 Å². The highest BCUT2D eigenvalue weighted by Gasteiger charge is 2.14. The van der Waals surface area contributed by atoms with E-state index in [0.29, 0.717) is 5.13 Å². The number of aromatic hydroxyl groups is 1. The highest BCUT2D eigenvalue weighted by molar-refractivity contribution is 9.11. The second kappa shape index (κ2) is 6.49. The zero-order valence-corrected chi connectivity index (χ0v) is 12.4. The fourth-order valence-corrected chi connectivity index (χ4v) is 2.45. The summed E-state index contributed by atoms with van der Waals surface area (Å²) in [6.45, 7) is -0.454. The molecule has 0 unspecified atom stereocenters. The van der Waals surface area contributed by atoms with Crippen LogP contribution in [0.5, 0.6) is 5.75 Å². The van der Waals surface area contributed by atoms with Crippen LogP contribution in [0.15, 0.2) is 34.2 Å². The minimum atomic E-state index is -0.765.